The van der Waals surface area contributed by atoms with Gasteiger partial charge in [0.15, 0.2) is 0 Å². The van der Waals surface area contributed by atoms with E-state index in [1.54, 1.807) is 11.3 Å². The molecule has 35 heavy (non-hydrogen) atoms. The van der Waals surface area contributed by atoms with E-state index in [1.165, 1.54) is 20.7 Å². The van der Waals surface area contributed by atoms with Gasteiger partial charge in [-0.25, -0.2) is 4.79 Å². The molecule has 2 amide bonds. The molecule has 2 aromatic carbocycles. The zero-order valence-electron chi connectivity index (χ0n) is 20.5. The van der Waals surface area contributed by atoms with Crippen molar-refractivity contribution in [2.75, 3.05) is 24.6 Å². The number of ether oxygens (including phenoxy) is 1. The molecule has 3 N–H and O–H groups in total. The molecule has 4 aromatic rings. The first-order valence-electron chi connectivity index (χ1n) is 12.0. The summed E-state index contributed by atoms with van der Waals surface area (Å²) in [6.07, 6.45) is 5.92. The molecule has 2 heterocycles. The molecule has 4 rings (SSSR count). The fourth-order valence-electron chi connectivity index (χ4n) is 4.08. The van der Waals surface area contributed by atoms with Gasteiger partial charge in [0.05, 0.1) is 24.2 Å². The van der Waals surface area contributed by atoms with Crippen LogP contribution in [0.2, 0.25) is 0 Å². The summed E-state index contributed by atoms with van der Waals surface area (Å²) in [6.45, 7) is 8.46. The number of hydrogen-bond acceptors (Lipinski definition) is 5. The van der Waals surface area contributed by atoms with Crippen molar-refractivity contribution >= 4 is 38.8 Å². The van der Waals surface area contributed by atoms with Gasteiger partial charge >= 0.3 is 6.03 Å². The SMILES string of the molecule is CCOc1ccccc1N(C(N)=O)c1ccc2scc(CCNCCc3cnn(C(C)C)c3)c2c1. The predicted octanol–water partition coefficient (Wildman–Crippen LogP) is 5.67. The van der Waals surface area contributed by atoms with E-state index >= 15 is 0 Å². The van der Waals surface area contributed by atoms with Crippen LogP contribution in [0.15, 0.2) is 60.2 Å². The van der Waals surface area contributed by atoms with Crippen LogP contribution in [0.5, 0.6) is 5.75 Å². The number of thiophene rings is 1. The molecule has 0 spiro atoms. The lowest BCUT2D eigenvalue weighted by atomic mass is 10.1. The minimum absolute atomic E-state index is 0.381. The highest BCUT2D eigenvalue weighted by Crippen LogP contribution is 2.37. The molecule has 184 valence electrons. The maximum atomic E-state index is 12.5. The Labute approximate surface area is 210 Å². The standard InChI is InChI=1S/C27H33N5O2S/c1-4-34-25-8-6-5-7-24(25)32(27(28)33)22-9-10-26-23(15-22)21(18-35-26)12-14-29-13-11-20-16-30-31(17-20)19(2)3/h5-10,15-19,29H,4,11-14H2,1-3H3,(H2,28,33). The Morgan fingerprint density at radius 2 is 2.00 bits per heavy atom. The number of benzene rings is 2. The van der Waals surface area contributed by atoms with E-state index in [9.17, 15) is 4.79 Å². The van der Waals surface area contributed by atoms with Gasteiger partial charge in [0.2, 0.25) is 0 Å². The van der Waals surface area contributed by atoms with Crippen molar-refractivity contribution in [2.24, 2.45) is 5.73 Å². The zero-order chi connectivity index (χ0) is 24.8. The third-order valence-corrected chi connectivity index (χ3v) is 6.88. The number of anilines is 2. The number of rotatable bonds is 11. The van der Waals surface area contributed by atoms with Gasteiger partial charge in [-0.15, -0.1) is 11.3 Å². The summed E-state index contributed by atoms with van der Waals surface area (Å²) in [5.74, 6) is 0.627. The van der Waals surface area contributed by atoms with Crippen molar-refractivity contribution in [3.63, 3.8) is 0 Å². The number of para-hydroxylation sites is 2. The van der Waals surface area contributed by atoms with Crippen molar-refractivity contribution in [1.29, 1.82) is 0 Å². The van der Waals surface area contributed by atoms with E-state index in [2.05, 4.69) is 48.0 Å². The second-order valence-corrected chi connectivity index (χ2v) is 9.60. The van der Waals surface area contributed by atoms with Crippen LogP contribution in [0.4, 0.5) is 16.2 Å². The molecule has 0 aliphatic rings. The third kappa shape index (κ3) is 5.83. The van der Waals surface area contributed by atoms with Crippen LogP contribution >= 0.6 is 11.3 Å². The van der Waals surface area contributed by atoms with Crippen LogP contribution in [0, 0.1) is 0 Å². The highest BCUT2D eigenvalue weighted by molar-refractivity contribution is 7.17. The first-order valence-corrected chi connectivity index (χ1v) is 12.9. The van der Waals surface area contributed by atoms with E-state index in [-0.39, 0.29) is 0 Å². The van der Waals surface area contributed by atoms with Gasteiger partial charge in [0.1, 0.15) is 5.75 Å². The number of hydrogen-bond donors (Lipinski definition) is 2. The van der Waals surface area contributed by atoms with Crippen LogP contribution in [-0.2, 0) is 12.8 Å². The fourth-order valence-corrected chi connectivity index (χ4v) is 5.05. The van der Waals surface area contributed by atoms with Gasteiger partial charge in [-0.3, -0.25) is 9.58 Å². The monoisotopic (exact) mass is 491 g/mol. The molecular weight excluding hydrogens is 458 g/mol. The number of amides is 2. The minimum Gasteiger partial charge on any atom is -0.492 e. The average molecular weight is 492 g/mol. The van der Waals surface area contributed by atoms with E-state index in [1.807, 2.05) is 48.1 Å². The number of nitrogens with one attached hydrogen (secondary N) is 1. The summed E-state index contributed by atoms with van der Waals surface area (Å²) in [6, 6.07) is 13.3. The molecule has 8 heteroatoms. The molecule has 0 bridgehead atoms. The summed E-state index contributed by atoms with van der Waals surface area (Å²) >= 11 is 1.72. The van der Waals surface area contributed by atoms with Crippen molar-refractivity contribution in [2.45, 2.75) is 39.7 Å². The molecule has 2 aromatic heterocycles. The number of carbonyl (C=O) groups excluding carboxylic acids is 1. The third-order valence-electron chi connectivity index (χ3n) is 5.87. The van der Waals surface area contributed by atoms with E-state index in [0.29, 0.717) is 24.1 Å². The number of primary amides is 1. The Kier molecular flexibility index (Phi) is 8.05. The van der Waals surface area contributed by atoms with Crippen molar-refractivity contribution in [3.8, 4) is 5.75 Å². The quantitative estimate of drug-likeness (QED) is 0.265. The smallest absolute Gasteiger partial charge is 0.324 e. The van der Waals surface area contributed by atoms with Crippen LogP contribution in [0.1, 0.15) is 37.9 Å². The predicted molar refractivity (Wildman–Crippen MR) is 144 cm³/mol. The lowest BCUT2D eigenvalue weighted by Crippen LogP contribution is -2.31. The molecule has 0 fully saturated rings. The van der Waals surface area contributed by atoms with Crippen LogP contribution in [-0.4, -0.2) is 35.5 Å². The largest absolute Gasteiger partial charge is 0.492 e. The first kappa shape index (κ1) is 24.8. The fraction of sp³-hybridized carbons (Fsp3) is 0.333. The lowest BCUT2D eigenvalue weighted by Gasteiger charge is -2.23. The molecule has 0 atom stereocenters. The summed E-state index contributed by atoms with van der Waals surface area (Å²) in [5, 5.41) is 11.3. The Hall–Kier alpha value is -3.36. The van der Waals surface area contributed by atoms with Crippen LogP contribution < -0.4 is 20.7 Å². The van der Waals surface area contributed by atoms with Crippen molar-refractivity contribution < 1.29 is 9.53 Å². The molecule has 0 saturated carbocycles. The van der Waals surface area contributed by atoms with Crippen LogP contribution in [0.25, 0.3) is 10.1 Å². The Bertz CT molecular complexity index is 1280. The lowest BCUT2D eigenvalue weighted by molar-refractivity contribution is 0.255. The molecule has 0 aliphatic heterocycles. The average Bonchev–Trinajstić information content (AvgIpc) is 3.47. The molecule has 0 saturated heterocycles. The summed E-state index contributed by atoms with van der Waals surface area (Å²) < 4.78 is 8.93. The number of nitrogens with two attached hydrogens (primary N) is 1. The Morgan fingerprint density at radius 3 is 2.74 bits per heavy atom. The van der Waals surface area contributed by atoms with Gasteiger partial charge < -0.3 is 15.8 Å². The van der Waals surface area contributed by atoms with Crippen molar-refractivity contribution in [1.82, 2.24) is 15.1 Å². The van der Waals surface area contributed by atoms with Gasteiger partial charge in [-0.05, 0) is 98.9 Å². The topological polar surface area (TPSA) is 85.4 Å². The normalized spacial score (nSPS) is 11.3. The number of fused-ring (bicyclic) bond motifs is 1. The minimum atomic E-state index is -0.546. The molecule has 0 radical (unpaired) electrons. The molecule has 7 nitrogen and oxygen atoms in total. The maximum Gasteiger partial charge on any atom is 0.324 e. The maximum absolute atomic E-state index is 12.5. The van der Waals surface area contributed by atoms with Crippen molar-refractivity contribution in [3.05, 3.63) is 71.4 Å². The number of carbonyl (C=O) groups is 1. The Morgan fingerprint density at radius 1 is 1.20 bits per heavy atom. The number of urea groups is 1. The number of aromatic nitrogens is 2. The van der Waals surface area contributed by atoms with Crippen LogP contribution in [0.3, 0.4) is 0 Å². The highest BCUT2D eigenvalue weighted by atomic mass is 32.1. The van der Waals surface area contributed by atoms with E-state index < -0.39 is 6.03 Å². The summed E-state index contributed by atoms with van der Waals surface area (Å²) in [7, 11) is 0. The van der Waals surface area contributed by atoms with Gasteiger partial charge in [-0.1, -0.05) is 12.1 Å². The highest BCUT2D eigenvalue weighted by Gasteiger charge is 2.20. The summed E-state index contributed by atoms with van der Waals surface area (Å²) in [4.78, 5) is 14.0. The molecular formula is C27H33N5O2S. The van der Waals surface area contributed by atoms with Gasteiger partial charge in [0.25, 0.3) is 0 Å². The first-order chi connectivity index (χ1) is 17.0. The second-order valence-electron chi connectivity index (χ2n) is 8.69. The van der Waals surface area contributed by atoms with Gasteiger partial charge in [-0.2, -0.15) is 5.10 Å². The van der Waals surface area contributed by atoms with Gasteiger partial charge in [0, 0.05) is 16.9 Å². The van der Waals surface area contributed by atoms with E-state index in [0.717, 1.165) is 37.0 Å². The zero-order valence-corrected chi connectivity index (χ0v) is 21.3. The van der Waals surface area contributed by atoms with E-state index in [4.69, 9.17) is 10.5 Å². The molecule has 0 aliphatic carbocycles. The Balaban J connectivity index is 1.45. The second kappa shape index (κ2) is 11.4. The summed E-state index contributed by atoms with van der Waals surface area (Å²) in [5.41, 5.74) is 9.69. The number of nitrogens with zero attached hydrogens (tertiary/aromatic N) is 3. The molecule has 0 unspecified atom stereocenters.